The minimum atomic E-state index is 0.0675. The summed E-state index contributed by atoms with van der Waals surface area (Å²) in [7, 11) is 0. The number of nitrogens with one attached hydrogen (secondary N) is 2. The third-order valence-corrected chi connectivity index (χ3v) is 3.19. The van der Waals surface area contributed by atoms with Gasteiger partial charge in [0.05, 0.1) is 0 Å². The molecule has 18 heavy (non-hydrogen) atoms. The molecule has 94 valence electrons. The molecule has 1 fully saturated rings. The highest BCUT2D eigenvalue weighted by molar-refractivity contribution is 5.91. The molecule has 0 radical (unpaired) electrons. The number of benzene rings is 1. The van der Waals surface area contributed by atoms with Crippen LogP contribution in [0.15, 0.2) is 24.3 Å². The smallest absolute Gasteiger partial charge is 0.224 e. The average molecular weight is 242 g/mol. The Balaban J connectivity index is 1.88. The zero-order chi connectivity index (χ0) is 12.8. The van der Waals surface area contributed by atoms with E-state index in [0.717, 1.165) is 37.2 Å². The topological polar surface area (TPSA) is 41.1 Å². The molecule has 1 aliphatic rings. The molecule has 3 nitrogen and oxygen atoms in total. The summed E-state index contributed by atoms with van der Waals surface area (Å²) in [6, 6.07) is 7.38. The first kappa shape index (κ1) is 12.7. The number of piperidine rings is 1. The molecule has 1 aromatic carbocycles. The largest absolute Gasteiger partial charge is 0.326 e. The lowest BCUT2D eigenvalue weighted by molar-refractivity contribution is -0.117. The summed E-state index contributed by atoms with van der Waals surface area (Å²) in [6.07, 6.45) is 8.19. The van der Waals surface area contributed by atoms with Crippen LogP contribution in [0.1, 0.15) is 24.8 Å². The van der Waals surface area contributed by atoms with Crippen LogP contribution in [0.5, 0.6) is 0 Å². The van der Waals surface area contributed by atoms with Gasteiger partial charge >= 0.3 is 0 Å². The molecular weight excluding hydrogens is 224 g/mol. The average Bonchev–Trinajstić information content (AvgIpc) is 2.40. The highest BCUT2D eigenvalue weighted by Gasteiger charge is 2.16. The minimum Gasteiger partial charge on any atom is -0.326 e. The van der Waals surface area contributed by atoms with E-state index in [1.165, 1.54) is 0 Å². The van der Waals surface area contributed by atoms with Crippen LogP contribution < -0.4 is 10.6 Å². The van der Waals surface area contributed by atoms with Gasteiger partial charge in [-0.1, -0.05) is 12.0 Å². The second kappa shape index (κ2) is 6.23. The molecule has 0 aliphatic carbocycles. The van der Waals surface area contributed by atoms with Gasteiger partial charge in [0.1, 0.15) is 0 Å². The first-order valence-electron chi connectivity index (χ1n) is 6.35. The number of carbonyl (C=O) groups is 1. The molecule has 1 atom stereocenters. The van der Waals surface area contributed by atoms with Crippen LogP contribution in [0, 0.1) is 18.3 Å². The van der Waals surface area contributed by atoms with Crippen LogP contribution in [0.25, 0.3) is 0 Å². The van der Waals surface area contributed by atoms with Gasteiger partial charge in [0.2, 0.25) is 5.91 Å². The van der Waals surface area contributed by atoms with E-state index in [-0.39, 0.29) is 5.91 Å². The van der Waals surface area contributed by atoms with Gasteiger partial charge < -0.3 is 10.6 Å². The Hall–Kier alpha value is -1.79. The van der Waals surface area contributed by atoms with Crippen molar-refractivity contribution in [3.63, 3.8) is 0 Å². The summed E-state index contributed by atoms with van der Waals surface area (Å²) in [5.41, 5.74) is 1.56. The lowest BCUT2D eigenvalue weighted by atomic mass is 9.96. The van der Waals surface area contributed by atoms with Crippen LogP contribution in [0.2, 0.25) is 0 Å². The molecule has 2 rings (SSSR count). The number of amides is 1. The summed E-state index contributed by atoms with van der Waals surface area (Å²) >= 11 is 0. The summed E-state index contributed by atoms with van der Waals surface area (Å²) in [6.45, 7) is 2.01. The molecule has 1 saturated heterocycles. The van der Waals surface area contributed by atoms with Crippen LogP contribution in [0.4, 0.5) is 5.69 Å². The van der Waals surface area contributed by atoms with Crippen molar-refractivity contribution in [2.45, 2.75) is 19.3 Å². The fraction of sp³-hybridized carbons (Fsp3) is 0.400. The molecule has 3 heteroatoms. The Labute approximate surface area is 108 Å². The maximum atomic E-state index is 11.9. The Morgan fingerprint density at radius 3 is 3.17 bits per heavy atom. The maximum Gasteiger partial charge on any atom is 0.224 e. The SMILES string of the molecule is C#Cc1cccc(NC(=O)CC2CCCNC2)c1. The minimum absolute atomic E-state index is 0.0675. The third-order valence-electron chi connectivity index (χ3n) is 3.19. The van der Waals surface area contributed by atoms with Gasteiger partial charge in [-0.05, 0) is 50.0 Å². The van der Waals surface area contributed by atoms with E-state index in [4.69, 9.17) is 6.42 Å². The number of hydrogen-bond donors (Lipinski definition) is 2. The van der Waals surface area contributed by atoms with Gasteiger partial charge in [0.25, 0.3) is 0 Å². The van der Waals surface area contributed by atoms with Crippen molar-refractivity contribution < 1.29 is 4.79 Å². The number of carbonyl (C=O) groups excluding carboxylic acids is 1. The van der Waals surface area contributed by atoms with Crippen molar-refractivity contribution in [2.24, 2.45) is 5.92 Å². The fourth-order valence-corrected chi connectivity index (χ4v) is 2.26. The van der Waals surface area contributed by atoms with Crippen molar-refractivity contribution >= 4 is 11.6 Å². The van der Waals surface area contributed by atoms with E-state index in [1.807, 2.05) is 24.3 Å². The van der Waals surface area contributed by atoms with Crippen LogP contribution in [-0.4, -0.2) is 19.0 Å². The number of rotatable bonds is 3. The van der Waals surface area contributed by atoms with Crippen LogP contribution >= 0.6 is 0 Å². The molecule has 1 aliphatic heterocycles. The maximum absolute atomic E-state index is 11.9. The Morgan fingerprint density at radius 2 is 2.44 bits per heavy atom. The first-order chi connectivity index (χ1) is 8.78. The normalized spacial score (nSPS) is 18.9. The second-order valence-electron chi connectivity index (χ2n) is 4.69. The Bertz CT molecular complexity index is 456. The molecule has 1 amide bonds. The van der Waals surface area contributed by atoms with Crippen molar-refractivity contribution in [2.75, 3.05) is 18.4 Å². The van der Waals surface area contributed by atoms with Gasteiger partial charge in [0, 0.05) is 17.7 Å². The summed E-state index contributed by atoms with van der Waals surface area (Å²) in [4.78, 5) is 11.9. The number of anilines is 1. The van der Waals surface area contributed by atoms with Gasteiger partial charge in [-0.25, -0.2) is 0 Å². The van der Waals surface area contributed by atoms with E-state index >= 15 is 0 Å². The van der Waals surface area contributed by atoms with Gasteiger partial charge in [-0.3, -0.25) is 4.79 Å². The third kappa shape index (κ3) is 3.61. The van der Waals surface area contributed by atoms with Gasteiger partial charge in [0.15, 0.2) is 0 Å². The first-order valence-corrected chi connectivity index (χ1v) is 6.35. The molecule has 1 heterocycles. The molecule has 2 N–H and O–H groups in total. The van der Waals surface area contributed by atoms with E-state index in [0.29, 0.717) is 12.3 Å². The monoisotopic (exact) mass is 242 g/mol. The quantitative estimate of drug-likeness (QED) is 0.796. The number of terminal acetylenes is 1. The lowest BCUT2D eigenvalue weighted by Gasteiger charge is -2.22. The predicted octanol–water partition coefficient (Wildman–Crippen LogP) is 2.00. The highest BCUT2D eigenvalue weighted by atomic mass is 16.1. The standard InChI is InChI=1S/C15H18N2O/c1-2-12-5-3-7-14(9-12)17-15(18)10-13-6-4-8-16-11-13/h1,3,5,7,9,13,16H,4,6,8,10-11H2,(H,17,18). The zero-order valence-corrected chi connectivity index (χ0v) is 10.4. The molecule has 0 saturated carbocycles. The van der Waals surface area contributed by atoms with E-state index in [1.54, 1.807) is 0 Å². The number of hydrogen-bond acceptors (Lipinski definition) is 2. The van der Waals surface area contributed by atoms with Crippen molar-refractivity contribution in [3.8, 4) is 12.3 Å². The van der Waals surface area contributed by atoms with Crippen molar-refractivity contribution in [1.82, 2.24) is 5.32 Å². The molecular formula is C15H18N2O. The van der Waals surface area contributed by atoms with Crippen LogP contribution in [0.3, 0.4) is 0 Å². The predicted molar refractivity (Wildman–Crippen MR) is 73.2 cm³/mol. The summed E-state index contributed by atoms with van der Waals surface area (Å²) in [5.74, 6) is 3.08. The molecule has 1 unspecified atom stereocenters. The van der Waals surface area contributed by atoms with Crippen LogP contribution in [-0.2, 0) is 4.79 Å². The highest BCUT2D eigenvalue weighted by Crippen LogP contribution is 2.16. The molecule has 0 aromatic heterocycles. The lowest BCUT2D eigenvalue weighted by Crippen LogP contribution is -2.32. The summed E-state index contributed by atoms with van der Waals surface area (Å²) < 4.78 is 0. The molecule has 0 bridgehead atoms. The fourth-order valence-electron chi connectivity index (χ4n) is 2.26. The zero-order valence-electron chi connectivity index (χ0n) is 10.4. The van der Waals surface area contributed by atoms with E-state index in [9.17, 15) is 4.79 Å². The Morgan fingerprint density at radius 1 is 1.56 bits per heavy atom. The van der Waals surface area contributed by atoms with E-state index < -0.39 is 0 Å². The Kier molecular flexibility index (Phi) is 4.38. The van der Waals surface area contributed by atoms with Crippen molar-refractivity contribution in [3.05, 3.63) is 29.8 Å². The van der Waals surface area contributed by atoms with Gasteiger partial charge in [-0.15, -0.1) is 6.42 Å². The molecule has 0 spiro atoms. The molecule has 1 aromatic rings. The second-order valence-corrected chi connectivity index (χ2v) is 4.69. The summed E-state index contributed by atoms with van der Waals surface area (Å²) in [5, 5.41) is 6.22. The van der Waals surface area contributed by atoms with E-state index in [2.05, 4.69) is 16.6 Å². The van der Waals surface area contributed by atoms with Gasteiger partial charge in [-0.2, -0.15) is 0 Å². The van der Waals surface area contributed by atoms with Crippen molar-refractivity contribution in [1.29, 1.82) is 0 Å².